The molecule has 1 rings (SSSR count). The van der Waals surface area contributed by atoms with Crippen molar-refractivity contribution in [1.29, 1.82) is 0 Å². The van der Waals surface area contributed by atoms with Gasteiger partial charge in [0.25, 0.3) is 8.32 Å². The second-order valence-electron chi connectivity index (χ2n) is 4.22. The Kier molecular flexibility index (Phi) is 6.50. The van der Waals surface area contributed by atoms with E-state index in [4.69, 9.17) is 4.43 Å². The van der Waals surface area contributed by atoms with E-state index in [-0.39, 0.29) is 0 Å². The van der Waals surface area contributed by atoms with Gasteiger partial charge in [0.15, 0.2) is 0 Å². The van der Waals surface area contributed by atoms with Crippen molar-refractivity contribution in [3.8, 4) is 0 Å². The summed E-state index contributed by atoms with van der Waals surface area (Å²) >= 11 is 1.62. The SMILES string of the molecule is C/C=C(\O[Si](CC)(CC)CC)Sc1ccccn1. The maximum Gasteiger partial charge on any atom is 0.251 e. The molecule has 0 aliphatic rings. The number of rotatable bonds is 7. The third-order valence-electron chi connectivity index (χ3n) is 3.33. The summed E-state index contributed by atoms with van der Waals surface area (Å²) < 4.78 is 6.36. The first-order valence-electron chi connectivity index (χ1n) is 6.63. The summed E-state index contributed by atoms with van der Waals surface area (Å²) in [5, 5.41) is 2.00. The monoisotopic (exact) mass is 281 g/mol. The number of aromatic nitrogens is 1. The quantitative estimate of drug-likeness (QED) is 0.396. The van der Waals surface area contributed by atoms with E-state index >= 15 is 0 Å². The number of allylic oxidation sites excluding steroid dienone is 1. The van der Waals surface area contributed by atoms with E-state index in [1.165, 1.54) is 18.1 Å². The normalized spacial score (nSPS) is 12.6. The van der Waals surface area contributed by atoms with Crippen LogP contribution in [-0.4, -0.2) is 13.3 Å². The van der Waals surface area contributed by atoms with Crippen LogP contribution in [0, 0.1) is 0 Å². The topological polar surface area (TPSA) is 22.1 Å². The van der Waals surface area contributed by atoms with Crippen LogP contribution < -0.4 is 0 Å². The van der Waals surface area contributed by atoms with Crippen LogP contribution in [0.25, 0.3) is 0 Å². The van der Waals surface area contributed by atoms with Crippen molar-refractivity contribution >= 4 is 20.1 Å². The Labute approximate surface area is 116 Å². The minimum atomic E-state index is -1.57. The van der Waals surface area contributed by atoms with Gasteiger partial charge in [-0.2, -0.15) is 0 Å². The number of hydrogen-bond donors (Lipinski definition) is 0. The molecule has 0 amide bonds. The number of pyridine rings is 1. The first-order valence-corrected chi connectivity index (χ1v) is 9.98. The molecule has 0 radical (unpaired) electrons. The van der Waals surface area contributed by atoms with Crippen molar-refractivity contribution in [2.24, 2.45) is 0 Å². The zero-order valence-corrected chi connectivity index (χ0v) is 13.6. The molecule has 1 heterocycles. The van der Waals surface area contributed by atoms with Gasteiger partial charge >= 0.3 is 0 Å². The maximum atomic E-state index is 6.36. The van der Waals surface area contributed by atoms with Crippen LogP contribution in [0.15, 0.2) is 40.6 Å². The fraction of sp³-hybridized carbons (Fsp3) is 0.500. The first-order chi connectivity index (χ1) is 8.69. The molecular weight excluding hydrogens is 258 g/mol. The van der Waals surface area contributed by atoms with Gasteiger partial charge in [-0.15, -0.1) is 0 Å². The fourth-order valence-corrected chi connectivity index (χ4v) is 5.59. The predicted octanol–water partition coefficient (Wildman–Crippen LogP) is 5.06. The lowest BCUT2D eigenvalue weighted by atomic mass is 10.5. The smallest absolute Gasteiger partial charge is 0.251 e. The maximum absolute atomic E-state index is 6.36. The second-order valence-corrected chi connectivity index (χ2v) is 9.94. The average Bonchev–Trinajstić information content (AvgIpc) is 2.45. The lowest BCUT2D eigenvalue weighted by Crippen LogP contribution is -2.34. The van der Waals surface area contributed by atoms with E-state index in [2.05, 4.69) is 31.8 Å². The summed E-state index contributed by atoms with van der Waals surface area (Å²) in [4.78, 5) is 4.33. The molecule has 0 aromatic carbocycles. The van der Waals surface area contributed by atoms with E-state index in [1.807, 2.05) is 31.3 Å². The average molecular weight is 281 g/mol. The van der Waals surface area contributed by atoms with Gasteiger partial charge in [-0.05, 0) is 55.0 Å². The third kappa shape index (κ3) is 4.17. The van der Waals surface area contributed by atoms with Gasteiger partial charge in [0.2, 0.25) is 0 Å². The number of thioether (sulfide) groups is 1. The van der Waals surface area contributed by atoms with Gasteiger partial charge in [0.1, 0.15) is 10.1 Å². The van der Waals surface area contributed by atoms with Crippen LogP contribution in [0.2, 0.25) is 18.1 Å². The van der Waals surface area contributed by atoms with E-state index in [0.29, 0.717) is 0 Å². The Balaban J connectivity index is 2.74. The van der Waals surface area contributed by atoms with Crippen molar-refractivity contribution in [3.05, 3.63) is 35.6 Å². The zero-order valence-electron chi connectivity index (χ0n) is 11.8. The zero-order chi connectivity index (χ0) is 13.4. The first kappa shape index (κ1) is 15.3. The molecular formula is C14H23NOSSi. The van der Waals surface area contributed by atoms with Gasteiger partial charge in [-0.25, -0.2) is 4.98 Å². The highest BCUT2D eigenvalue weighted by Gasteiger charge is 2.31. The molecule has 0 saturated carbocycles. The van der Waals surface area contributed by atoms with Crippen LogP contribution >= 0.6 is 11.8 Å². The summed E-state index contributed by atoms with van der Waals surface area (Å²) in [6.45, 7) is 8.78. The lowest BCUT2D eigenvalue weighted by molar-refractivity contribution is 0.442. The van der Waals surface area contributed by atoms with Crippen molar-refractivity contribution in [1.82, 2.24) is 4.98 Å². The Morgan fingerprint density at radius 2 is 1.94 bits per heavy atom. The minimum Gasteiger partial charge on any atom is -0.539 e. The summed E-state index contributed by atoms with van der Waals surface area (Å²) in [6, 6.07) is 9.46. The van der Waals surface area contributed by atoms with E-state index < -0.39 is 8.32 Å². The van der Waals surface area contributed by atoms with Gasteiger partial charge in [-0.1, -0.05) is 26.8 Å². The molecule has 100 valence electrons. The van der Waals surface area contributed by atoms with Crippen LogP contribution in [-0.2, 0) is 4.43 Å². The predicted molar refractivity (Wildman–Crippen MR) is 82.1 cm³/mol. The van der Waals surface area contributed by atoms with Gasteiger partial charge in [0.05, 0.1) is 0 Å². The highest BCUT2D eigenvalue weighted by Crippen LogP contribution is 2.32. The Bertz CT molecular complexity index is 368. The molecule has 0 bridgehead atoms. The highest BCUT2D eigenvalue weighted by atomic mass is 32.2. The van der Waals surface area contributed by atoms with E-state index in [0.717, 1.165) is 10.1 Å². The molecule has 2 nitrogen and oxygen atoms in total. The van der Waals surface area contributed by atoms with Crippen LogP contribution in [0.4, 0.5) is 0 Å². The van der Waals surface area contributed by atoms with Crippen LogP contribution in [0.5, 0.6) is 0 Å². The second kappa shape index (κ2) is 7.64. The molecule has 0 unspecified atom stereocenters. The van der Waals surface area contributed by atoms with Gasteiger partial charge in [0, 0.05) is 6.20 Å². The van der Waals surface area contributed by atoms with E-state index in [1.54, 1.807) is 11.8 Å². The summed E-state index contributed by atoms with van der Waals surface area (Å²) in [5.74, 6) is 0. The standard InChI is InChI=1S/C14H23NOSSi/c1-5-14(16-18(6-2,7-3)8-4)17-13-11-9-10-12-15-13/h5,9-12H,6-8H2,1-4H3/b14-5+. The fourth-order valence-electron chi connectivity index (χ4n) is 1.83. The molecule has 0 N–H and O–H groups in total. The van der Waals surface area contributed by atoms with Gasteiger partial charge in [-0.3, -0.25) is 0 Å². The molecule has 0 fully saturated rings. The Hall–Kier alpha value is -0.743. The van der Waals surface area contributed by atoms with Crippen molar-refractivity contribution in [3.63, 3.8) is 0 Å². The molecule has 0 aliphatic carbocycles. The highest BCUT2D eigenvalue weighted by molar-refractivity contribution is 8.02. The molecule has 4 heteroatoms. The number of nitrogens with zero attached hydrogens (tertiary/aromatic N) is 1. The molecule has 0 aliphatic heterocycles. The summed E-state index contributed by atoms with van der Waals surface area (Å²) in [5.41, 5.74) is 0. The van der Waals surface area contributed by atoms with E-state index in [9.17, 15) is 0 Å². The van der Waals surface area contributed by atoms with Crippen molar-refractivity contribution < 1.29 is 4.43 Å². The van der Waals surface area contributed by atoms with Crippen molar-refractivity contribution in [2.75, 3.05) is 0 Å². The molecule has 0 saturated heterocycles. The lowest BCUT2D eigenvalue weighted by Gasteiger charge is -2.29. The molecule has 0 atom stereocenters. The van der Waals surface area contributed by atoms with Crippen LogP contribution in [0.1, 0.15) is 27.7 Å². The largest absolute Gasteiger partial charge is 0.539 e. The molecule has 0 spiro atoms. The Morgan fingerprint density at radius 1 is 1.28 bits per heavy atom. The molecule has 18 heavy (non-hydrogen) atoms. The number of hydrogen-bond acceptors (Lipinski definition) is 3. The Morgan fingerprint density at radius 3 is 2.39 bits per heavy atom. The van der Waals surface area contributed by atoms with Crippen molar-refractivity contribution in [2.45, 2.75) is 50.9 Å². The third-order valence-corrected chi connectivity index (χ3v) is 8.97. The molecule has 1 aromatic rings. The minimum absolute atomic E-state index is 0.997. The molecule has 1 aromatic heterocycles. The van der Waals surface area contributed by atoms with Gasteiger partial charge < -0.3 is 4.43 Å². The summed E-state index contributed by atoms with van der Waals surface area (Å²) in [7, 11) is -1.57. The van der Waals surface area contributed by atoms with Crippen LogP contribution in [0.3, 0.4) is 0 Å². The summed E-state index contributed by atoms with van der Waals surface area (Å²) in [6.07, 6.45) is 3.88.